The van der Waals surface area contributed by atoms with Gasteiger partial charge in [-0.05, 0) is 115 Å². The number of fused-ring (bicyclic) bond motifs is 1. The third-order valence-electron chi connectivity index (χ3n) is 11.1. The highest BCUT2D eigenvalue weighted by molar-refractivity contribution is 5.94. The summed E-state index contributed by atoms with van der Waals surface area (Å²) >= 11 is 0. The number of carbonyl (C=O) groups excluding carboxylic acids is 1. The summed E-state index contributed by atoms with van der Waals surface area (Å²) in [6.07, 6.45) is 5.10. The molecule has 2 aliphatic heterocycles. The minimum Gasteiger partial charge on any atom is -0.493 e. The van der Waals surface area contributed by atoms with E-state index < -0.39 is 0 Å². The Bertz CT molecular complexity index is 1600. The van der Waals surface area contributed by atoms with Crippen LogP contribution in [-0.4, -0.2) is 48.6 Å². The third-order valence-corrected chi connectivity index (χ3v) is 11.1. The number of nitrogens with zero attached hydrogens (tertiary/aromatic N) is 2. The van der Waals surface area contributed by atoms with Crippen molar-refractivity contribution >= 4 is 11.5 Å². The van der Waals surface area contributed by atoms with Crippen molar-refractivity contribution in [1.82, 2.24) is 9.80 Å². The van der Waals surface area contributed by atoms with E-state index in [0.717, 1.165) is 73.7 Å². The molecule has 0 spiro atoms. The van der Waals surface area contributed by atoms with Crippen LogP contribution in [0.25, 0.3) is 5.57 Å². The Morgan fingerprint density at radius 2 is 1.65 bits per heavy atom. The average Bonchev–Trinajstić information content (AvgIpc) is 3.07. The van der Waals surface area contributed by atoms with Crippen molar-refractivity contribution in [2.24, 2.45) is 17.3 Å². The molecule has 1 amide bonds. The quantitative estimate of drug-likeness (QED) is 0.177. The Morgan fingerprint density at radius 1 is 0.980 bits per heavy atom. The van der Waals surface area contributed by atoms with Crippen LogP contribution >= 0.6 is 0 Å². The van der Waals surface area contributed by atoms with Crippen LogP contribution in [0.3, 0.4) is 0 Å². The van der Waals surface area contributed by atoms with Crippen molar-refractivity contribution in [2.75, 3.05) is 26.7 Å². The normalized spacial score (nSPS) is 18.9. The smallest absolute Gasteiger partial charge is 0.250 e. The highest BCUT2D eigenvalue weighted by atomic mass is 16.5. The van der Waals surface area contributed by atoms with Gasteiger partial charge >= 0.3 is 0 Å². The van der Waals surface area contributed by atoms with Gasteiger partial charge in [0.25, 0.3) is 0 Å². The van der Waals surface area contributed by atoms with Crippen molar-refractivity contribution in [1.29, 1.82) is 0 Å². The summed E-state index contributed by atoms with van der Waals surface area (Å²) in [7, 11) is 1.72. The maximum Gasteiger partial charge on any atom is 0.250 e. The number of hydrogen-bond acceptors (Lipinski definition) is 4. The molecule has 2 aromatic rings. The second-order valence-electron chi connectivity index (χ2n) is 15.7. The zero-order valence-electron chi connectivity index (χ0n) is 32.3. The third kappa shape index (κ3) is 8.60. The Morgan fingerprint density at radius 3 is 2.22 bits per heavy atom. The van der Waals surface area contributed by atoms with Crippen LogP contribution in [0.5, 0.6) is 11.5 Å². The molecule has 2 aromatic carbocycles. The van der Waals surface area contributed by atoms with Gasteiger partial charge in [0, 0.05) is 31.8 Å². The van der Waals surface area contributed by atoms with E-state index in [0.29, 0.717) is 5.92 Å². The number of rotatable bonds is 11. The number of allylic oxidation sites excluding steroid dienone is 5. The van der Waals surface area contributed by atoms with Crippen molar-refractivity contribution in [3.8, 4) is 11.5 Å². The fraction of sp³-hybridized carbons (Fsp3) is 0.523. The average molecular weight is 667 g/mol. The predicted molar refractivity (Wildman–Crippen MR) is 206 cm³/mol. The summed E-state index contributed by atoms with van der Waals surface area (Å²) in [4.78, 5) is 18.5. The van der Waals surface area contributed by atoms with Crippen molar-refractivity contribution in [3.05, 3.63) is 100 Å². The molecule has 0 aromatic heterocycles. The van der Waals surface area contributed by atoms with Gasteiger partial charge in [-0.1, -0.05) is 90.6 Å². The van der Waals surface area contributed by atoms with E-state index in [9.17, 15) is 4.79 Å². The molecular formula is C44H62N2O3. The van der Waals surface area contributed by atoms with Gasteiger partial charge in [-0.25, -0.2) is 0 Å². The first-order valence-corrected chi connectivity index (χ1v) is 18.3. The first kappa shape index (κ1) is 38.2. The maximum absolute atomic E-state index is 13.8. The topological polar surface area (TPSA) is 42.0 Å². The van der Waals surface area contributed by atoms with Crippen LogP contribution in [-0.2, 0) is 17.8 Å². The molecule has 4 rings (SSSR count). The molecule has 2 unspecified atom stereocenters. The highest BCUT2D eigenvalue weighted by Crippen LogP contribution is 2.40. The molecule has 2 aliphatic rings. The number of ether oxygens (including phenoxy) is 2. The number of methoxy groups -OCH3 is 1. The van der Waals surface area contributed by atoms with E-state index >= 15 is 0 Å². The number of benzene rings is 2. The second-order valence-corrected chi connectivity index (χ2v) is 15.7. The molecule has 2 atom stereocenters. The molecule has 49 heavy (non-hydrogen) atoms. The largest absolute Gasteiger partial charge is 0.493 e. The summed E-state index contributed by atoms with van der Waals surface area (Å²) in [6.45, 7) is 33.6. The predicted octanol–water partition coefficient (Wildman–Crippen LogP) is 10.4. The monoisotopic (exact) mass is 666 g/mol. The van der Waals surface area contributed by atoms with Gasteiger partial charge in [-0.3, -0.25) is 9.69 Å². The van der Waals surface area contributed by atoms with Crippen LogP contribution in [0.2, 0.25) is 0 Å². The molecule has 0 saturated carbocycles. The minimum absolute atomic E-state index is 0.00673. The van der Waals surface area contributed by atoms with Crippen LogP contribution in [0.4, 0.5) is 0 Å². The summed E-state index contributed by atoms with van der Waals surface area (Å²) in [5.74, 6) is 2.09. The van der Waals surface area contributed by atoms with E-state index in [1.165, 1.54) is 33.4 Å². The molecule has 0 N–H and O–H groups in total. The summed E-state index contributed by atoms with van der Waals surface area (Å²) < 4.78 is 12.4. The molecule has 0 aliphatic carbocycles. The van der Waals surface area contributed by atoms with Gasteiger partial charge in [0.2, 0.25) is 5.91 Å². The van der Waals surface area contributed by atoms with Crippen LogP contribution in [0, 0.1) is 17.3 Å². The van der Waals surface area contributed by atoms with E-state index in [2.05, 4.69) is 135 Å². The number of carbonyl (C=O) groups is 1. The lowest BCUT2D eigenvalue weighted by atomic mass is 9.76. The lowest BCUT2D eigenvalue weighted by Gasteiger charge is -2.42. The molecule has 0 radical (unpaired) electrons. The molecule has 5 nitrogen and oxygen atoms in total. The molecule has 266 valence electrons. The summed E-state index contributed by atoms with van der Waals surface area (Å²) in [5, 5.41) is 0. The Kier molecular flexibility index (Phi) is 12.5. The van der Waals surface area contributed by atoms with Gasteiger partial charge < -0.3 is 14.4 Å². The number of piperidine rings is 1. The van der Waals surface area contributed by atoms with Gasteiger partial charge in [-0.15, -0.1) is 0 Å². The maximum atomic E-state index is 13.8. The first-order chi connectivity index (χ1) is 23.1. The SMILES string of the molecule is C=C(C)/C(C)=C(/C)C(=CC)c1ccc(OC2CCN(Cc3cccc4c3CCN(C(=O)C(=C)C(C)C(C)(C)C)C4C(C)C)CC2)c(OC)c1. The Balaban J connectivity index is 1.43. The fourth-order valence-corrected chi connectivity index (χ4v) is 7.42. The van der Waals surface area contributed by atoms with E-state index in [1.807, 2.05) is 0 Å². The molecular weight excluding hydrogens is 604 g/mol. The van der Waals surface area contributed by atoms with E-state index in [-0.39, 0.29) is 29.4 Å². The van der Waals surface area contributed by atoms with E-state index in [4.69, 9.17) is 9.47 Å². The molecule has 5 heteroatoms. The van der Waals surface area contributed by atoms with Gasteiger partial charge in [0.05, 0.1) is 13.2 Å². The Hall–Kier alpha value is -3.57. The number of hydrogen-bond donors (Lipinski definition) is 0. The first-order valence-electron chi connectivity index (χ1n) is 18.3. The zero-order chi connectivity index (χ0) is 36.2. The number of likely N-dealkylation sites (tertiary alicyclic amines) is 1. The van der Waals surface area contributed by atoms with E-state index in [1.54, 1.807) is 7.11 Å². The molecule has 1 saturated heterocycles. The highest BCUT2D eigenvalue weighted by Gasteiger charge is 2.37. The minimum atomic E-state index is -0.00673. The summed E-state index contributed by atoms with van der Waals surface area (Å²) in [5.41, 5.74) is 10.6. The van der Waals surface area contributed by atoms with Crippen molar-refractivity contribution in [3.63, 3.8) is 0 Å². The molecule has 1 fully saturated rings. The fourth-order valence-electron chi connectivity index (χ4n) is 7.42. The van der Waals surface area contributed by atoms with Crippen LogP contribution in [0.1, 0.15) is 110 Å². The van der Waals surface area contributed by atoms with Crippen molar-refractivity contribution < 1.29 is 14.3 Å². The molecule has 0 bridgehead atoms. The second kappa shape index (κ2) is 16.0. The van der Waals surface area contributed by atoms with Gasteiger partial charge in [-0.2, -0.15) is 0 Å². The van der Waals surface area contributed by atoms with Crippen molar-refractivity contribution in [2.45, 2.75) is 107 Å². The van der Waals surface area contributed by atoms with Gasteiger partial charge in [0.15, 0.2) is 11.5 Å². The summed E-state index contributed by atoms with van der Waals surface area (Å²) in [6, 6.07) is 13.1. The zero-order valence-corrected chi connectivity index (χ0v) is 32.3. The molecule has 2 heterocycles. The van der Waals surface area contributed by atoms with Gasteiger partial charge in [0.1, 0.15) is 6.10 Å². The Labute approximate surface area is 297 Å². The standard InChI is InChI=1S/C44H62N2O3/c1-14-37(31(7)30(6)28(2)3)34-18-19-40(41(26-34)48-13)49-36-20-23-45(24-21-36)27-35-16-15-17-39-38(35)22-25-46(42(39)29(4)5)43(47)32(8)33(9)44(10,11)12/h14-19,26,29,33,36,42H,2,8,20-25,27H2,1,3-7,9-13H3/b31-30-,37-14?. The van der Waals surface area contributed by atoms with Crippen LogP contribution in [0.15, 0.2) is 77.9 Å². The van der Waals surface area contributed by atoms with Crippen LogP contribution < -0.4 is 9.47 Å². The lowest BCUT2D eigenvalue weighted by Crippen LogP contribution is -2.45. The lowest BCUT2D eigenvalue weighted by molar-refractivity contribution is -0.132. The number of amides is 1.